The smallest absolute Gasteiger partial charge is 0.387 e. The number of aliphatic hydroxyl groups is 1. The Bertz CT molecular complexity index is 664. The molecular weight excluding hydrogens is 350 g/mol. The van der Waals surface area contributed by atoms with E-state index in [0.717, 1.165) is 5.56 Å². The molecule has 0 bridgehead atoms. The molecule has 2 atom stereocenters. The molecule has 2 aliphatic heterocycles. The second-order valence-corrected chi connectivity index (χ2v) is 6.66. The predicted molar refractivity (Wildman–Crippen MR) is 86.1 cm³/mol. The summed E-state index contributed by atoms with van der Waals surface area (Å²) >= 11 is 0. The average Bonchev–Trinajstić information content (AvgIpc) is 2.58. The summed E-state index contributed by atoms with van der Waals surface area (Å²) in [4.78, 5) is 26.9. The van der Waals surface area contributed by atoms with E-state index in [1.807, 2.05) is 0 Å². The first-order valence-corrected chi connectivity index (χ1v) is 8.33. The number of likely N-dealkylation sites (tertiary alicyclic amines) is 2. The predicted octanol–water partition coefficient (Wildman–Crippen LogP) is 1.57. The molecule has 0 radical (unpaired) electrons. The van der Waals surface area contributed by atoms with Crippen LogP contribution < -0.4 is 4.74 Å². The zero-order chi connectivity index (χ0) is 18.8. The number of piperidine rings is 1. The standard InChI is InChI=1S/C17H20F2N2O5/c18-16(19)26-14-3-1-10(2-4-14)11-5-12(15(23)24)7-20(6-11)17(25)21-8-13(22)9-21/h1-4,11-13,16,22H,5-9H2,(H,23,24). The highest BCUT2D eigenvalue weighted by Crippen LogP contribution is 2.32. The van der Waals surface area contributed by atoms with Gasteiger partial charge in [0.25, 0.3) is 0 Å². The number of aliphatic carboxylic acids is 1. The van der Waals surface area contributed by atoms with Crippen LogP contribution in [0, 0.1) is 5.92 Å². The number of carboxylic acids is 1. The Labute approximate surface area is 148 Å². The topological polar surface area (TPSA) is 90.3 Å². The van der Waals surface area contributed by atoms with Crippen molar-refractivity contribution in [2.75, 3.05) is 26.2 Å². The van der Waals surface area contributed by atoms with E-state index in [9.17, 15) is 28.6 Å². The van der Waals surface area contributed by atoms with Crippen LogP contribution in [-0.2, 0) is 4.79 Å². The zero-order valence-corrected chi connectivity index (χ0v) is 13.9. The zero-order valence-electron chi connectivity index (χ0n) is 13.9. The lowest BCUT2D eigenvalue weighted by Gasteiger charge is -2.43. The lowest BCUT2D eigenvalue weighted by Crippen LogP contribution is -2.59. The van der Waals surface area contributed by atoms with Crippen molar-refractivity contribution in [3.63, 3.8) is 0 Å². The summed E-state index contributed by atoms with van der Waals surface area (Å²) < 4.78 is 28.8. The molecule has 1 aromatic rings. The molecule has 2 heterocycles. The quantitative estimate of drug-likeness (QED) is 0.840. The van der Waals surface area contributed by atoms with E-state index < -0.39 is 24.6 Å². The van der Waals surface area contributed by atoms with Crippen LogP contribution in [0.15, 0.2) is 24.3 Å². The fraction of sp³-hybridized carbons (Fsp3) is 0.529. The second-order valence-electron chi connectivity index (χ2n) is 6.66. The molecule has 2 unspecified atom stereocenters. The van der Waals surface area contributed by atoms with Crippen molar-refractivity contribution in [2.24, 2.45) is 5.92 Å². The van der Waals surface area contributed by atoms with Gasteiger partial charge in [0.05, 0.1) is 25.1 Å². The molecule has 2 aliphatic rings. The molecule has 2 amide bonds. The van der Waals surface area contributed by atoms with Crippen molar-refractivity contribution in [1.29, 1.82) is 0 Å². The maximum Gasteiger partial charge on any atom is 0.387 e. The Balaban J connectivity index is 1.73. The monoisotopic (exact) mass is 370 g/mol. The second kappa shape index (κ2) is 7.45. The molecule has 3 rings (SSSR count). The summed E-state index contributed by atoms with van der Waals surface area (Å²) in [5.41, 5.74) is 0.763. The first kappa shape index (κ1) is 18.4. The number of nitrogens with zero attached hydrogens (tertiary/aromatic N) is 2. The fourth-order valence-corrected chi connectivity index (χ4v) is 3.41. The van der Waals surface area contributed by atoms with Gasteiger partial charge in [0.15, 0.2) is 0 Å². The van der Waals surface area contributed by atoms with Gasteiger partial charge in [-0.25, -0.2) is 4.79 Å². The number of hydrogen-bond acceptors (Lipinski definition) is 4. The van der Waals surface area contributed by atoms with Crippen molar-refractivity contribution in [3.05, 3.63) is 29.8 Å². The van der Waals surface area contributed by atoms with E-state index in [-0.39, 0.29) is 37.3 Å². The number of aliphatic hydroxyl groups excluding tert-OH is 1. The van der Waals surface area contributed by atoms with Gasteiger partial charge in [-0.2, -0.15) is 8.78 Å². The number of β-amino-alcohol motifs (C(OH)–C–C–N with tert-alkyl or cyclic N) is 1. The molecule has 1 aromatic carbocycles. The van der Waals surface area contributed by atoms with Crippen LogP contribution in [-0.4, -0.2) is 70.9 Å². The molecule has 7 nitrogen and oxygen atoms in total. The third kappa shape index (κ3) is 4.04. The van der Waals surface area contributed by atoms with E-state index in [1.165, 1.54) is 21.9 Å². The van der Waals surface area contributed by atoms with Crippen molar-refractivity contribution >= 4 is 12.0 Å². The molecule has 9 heteroatoms. The van der Waals surface area contributed by atoms with Gasteiger partial charge < -0.3 is 24.7 Å². The molecular formula is C17H20F2N2O5. The number of alkyl halides is 2. The molecule has 0 aromatic heterocycles. The first-order chi connectivity index (χ1) is 12.3. The van der Waals surface area contributed by atoms with Crippen LogP contribution in [0.25, 0.3) is 0 Å². The normalized spacial score (nSPS) is 23.7. The number of amides is 2. The largest absolute Gasteiger partial charge is 0.481 e. The Kier molecular flexibility index (Phi) is 5.26. The van der Waals surface area contributed by atoms with Gasteiger partial charge in [0.1, 0.15) is 5.75 Å². The van der Waals surface area contributed by atoms with Crippen LogP contribution in [0.5, 0.6) is 5.75 Å². The van der Waals surface area contributed by atoms with E-state index in [0.29, 0.717) is 13.0 Å². The molecule has 2 N–H and O–H groups in total. The summed E-state index contributed by atoms with van der Waals surface area (Å²) in [6, 6.07) is 5.75. The first-order valence-electron chi connectivity index (χ1n) is 8.33. The van der Waals surface area contributed by atoms with Crippen molar-refractivity contribution in [3.8, 4) is 5.75 Å². The van der Waals surface area contributed by atoms with Crippen molar-refractivity contribution in [1.82, 2.24) is 9.80 Å². The third-order valence-corrected chi connectivity index (χ3v) is 4.78. The molecule has 26 heavy (non-hydrogen) atoms. The average molecular weight is 370 g/mol. The minimum absolute atomic E-state index is 0.0249. The molecule has 0 aliphatic carbocycles. The highest BCUT2D eigenvalue weighted by atomic mass is 19.3. The maximum atomic E-state index is 12.5. The molecule has 2 saturated heterocycles. The highest BCUT2D eigenvalue weighted by Gasteiger charge is 2.38. The summed E-state index contributed by atoms with van der Waals surface area (Å²) in [5, 5.41) is 18.8. The SMILES string of the molecule is O=C(O)C1CC(c2ccc(OC(F)F)cc2)CN(C(=O)N2CC(O)C2)C1. The summed E-state index contributed by atoms with van der Waals surface area (Å²) in [6.45, 7) is -1.96. The Morgan fingerprint density at radius 1 is 1.08 bits per heavy atom. The van der Waals surface area contributed by atoms with Gasteiger partial charge in [-0.05, 0) is 24.1 Å². The summed E-state index contributed by atoms with van der Waals surface area (Å²) in [7, 11) is 0. The molecule has 0 spiro atoms. The lowest BCUT2D eigenvalue weighted by atomic mass is 9.84. The third-order valence-electron chi connectivity index (χ3n) is 4.78. The maximum absolute atomic E-state index is 12.5. The van der Waals surface area contributed by atoms with E-state index >= 15 is 0 Å². The number of ether oxygens (including phenoxy) is 1. The summed E-state index contributed by atoms with van der Waals surface area (Å²) in [5.74, 6) is -1.88. The van der Waals surface area contributed by atoms with E-state index in [2.05, 4.69) is 4.74 Å². The van der Waals surface area contributed by atoms with Gasteiger partial charge in [-0.15, -0.1) is 0 Å². The Morgan fingerprint density at radius 2 is 1.69 bits per heavy atom. The highest BCUT2D eigenvalue weighted by molar-refractivity contribution is 5.77. The fourth-order valence-electron chi connectivity index (χ4n) is 3.41. The number of urea groups is 1. The Hall–Kier alpha value is -2.42. The van der Waals surface area contributed by atoms with Gasteiger partial charge in [-0.3, -0.25) is 4.79 Å². The van der Waals surface area contributed by atoms with Crippen LogP contribution in [0.3, 0.4) is 0 Å². The van der Waals surface area contributed by atoms with Crippen molar-refractivity contribution in [2.45, 2.75) is 25.1 Å². The number of rotatable bonds is 4. The number of halogens is 2. The number of benzene rings is 1. The minimum Gasteiger partial charge on any atom is -0.481 e. The number of hydrogen-bond donors (Lipinski definition) is 2. The van der Waals surface area contributed by atoms with Gasteiger partial charge in [0, 0.05) is 19.0 Å². The van der Waals surface area contributed by atoms with Crippen molar-refractivity contribution < 1.29 is 33.3 Å². The minimum atomic E-state index is -2.91. The van der Waals surface area contributed by atoms with Crippen LogP contribution in [0.1, 0.15) is 17.9 Å². The molecule has 0 saturated carbocycles. The summed E-state index contributed by atoms with van der Waals surface area (Å²) in [6.07, 6.45) is -0.172. The van der Waals surface area contributed by atoms with Crippen LogP contribution in [0.2, 0.25) is 0 Å². The van der Waals surface area contributed by atoms with E-state index in [1.54, 1.807) is 12.1 Å². The molecule has 142 valence electrons. The number of carbonyl (C=O) groups excluding carboxylic acids is 1. The lowest BCUT2D eigenvalue weighted by molar-refractivity contribution is -0.143. The van der Waals surface area contributed by atoms with Crippen LogP contribution >= 0.6 is 0 Å². The van der Waals surface area contributed by atoms with E-state index in [4.69, 9.17) is 0 Å². The van der Waals surface area contributed by atoms with Gasteiger partial charge in [0.2, 0.25) is 0 Å². The van der Waals surface area contributed by atoms with Gasteiger partial charge >= 0.3 is 18.6 Å². The van der Waals surface area contributed by atoms with Crippen LogP contribution in [0.4, 0.5) is 13.6 Å². The molecule has 2 fully saturated rings. The van der Waals surface area contributed by atoms with Gasteiger partial charge in [-0.1, -0.05) is 12.1 Å². The number of carbonyl (C=O) groups is 2. The Morgan fingerprint density at radius 3 is 2.23 bits per heavy atom. The number of carboxylic acid groups (broad SMARTS) is 1.